The summed E-state index contributed by atoms with van der Waals surface area (Å²) in [6.07, 6.45) is 6.14. The lowest BCUT2D eigenvalue weighted by Crippen LogP contribution is -2.53. The molecule has 3 rings (SSSR count). The van der Waals surface area contributed by atoms with Gasteiger partial charge in [-0.1, -0.05) is 57.7 Å². The molecule has 1 saturated carbocycles. The van der Waals surface area contributed by atoms with E-state index in [9.17, 15) is 9.18 Å². The van der Waals surface area contributed by atoms with Crippen LogP contribution in [0.1, 0.15) is 77.7 Å². The molecule has 31 heavy (non-hydrogen) atoms. The number of nitrogens with zero attached hydrogens (tertiary/aromatic N) is 1. The summed E-state index contributed by atoms with van der Waals surface area (Å²) in [5.41, 5.74) is -1.24. The molecule has 6 heteroatoms. The van der Waals surface area contributed by atoms with Crippen LogP contribution >= 0.6 is 11.6 Å². The lowest BCUT2D eigenvalue weighted by Gasteiger charge is -2.40. The summed E-state index contributed by atoms with van der Waals surface area (Å²) in [6.45, 7) is 9.12. The topological polar surface area (TPSA) is 32.3 Å². The number of hydrogen-bond acceptors (Lipinski definition) is 2. The third-order valence-corrected chi connectivity index (χ3v) is 7.40. The lowest BCUT2D eigenvalue weighted by molar-refractivity contribution is -0.129. The number of amides is 1. The van der Waals surface area contributed by atoms with Gasteiger partial charge in [0, 0.05) is 18.1 Å². The van der Waals surface area contributed by atoms with Crippen LogP contribution in [0.15, 0.2) is 18.2 Å². The number of carbonyl (C=O) groups is 1. The molecule has 0 atom stereocenters. The van der Waals surface area contributed by atoms with Crippen molar-refractivity contribution in [2.24, 2.45) is 5.41 Å². The molecule has 1 heterocycles. The molecule has 2 fully saturated rings. The molecule has 1 amide bonds. The average molecular weight is 455 g/mol. The van der Waals surface area contributed by atoms with Gasteiger partial charge in [-0.25, -0.2) is 8.78 Å². The number of piperidine rings is 1. The van der Waals surface area contributed by atoms with Crippen molar-refractivity contribution in [3.8, 4) is 0 Å². The highest BCUT2D eigenvalue weighted by molar-refractivity contribution is 6.31. The Bertz CT molecular complexity index is 763. The summed E-state index contributed by atoms with van der Waals surface area (Å²) in [7, 11) is 0. The quantitative estimate of drug-likeness (QED) is 0.568. The Morgan fingerprint density at radius 1 is 1.13 bits per heavy atom. The van der Waals surface area contributed by atoms with Crippen LogP contribution in [0.4, 0.5) is 8.78 Å². The van der Waals surface area contributed by atoms with Crippen LogP contribution < -0.4 is 5.32 Å². The first-order chi connectivity index (χ1) is 14.5. The zero-order valence-electron chi connectivity index (χ0n) is 19.2. The van der Waals surface area contributed by atoms with E-state index >= 15 is 4.39 Å². The maximum absolute atomic E-state index is 15.5. The zero-order valence-corrected chi connectivity index (χ0v) is 20.0. The van der Waals surface area contributed by atoms with E-state index in [0.29, 0.717) is 31.2 Å². The third kappa shape index (κ3) is 6.19. The van der Waals surface area contributed by atoms with Crippen molar-refractivity contribution in [3.05, 3.63) is 34.6 Å². The number of likely N-dealkylation sites (tertiary alicyclic amines) is 1. The van der Waals surface area contributed by atoms with E-state index in [-0.39, 0.29) is 22.9 Å². The highest BCUT2D eigenvalue weighted by Crippen LogP contribution is 2.43. The smallest absolute Gasteiger partial charge is 0.230 e. The Hall–Kier alpha value is -1.20. The summed E-state index contributed by atoms with van der Waals surface area (Å²) in [6, 6.07) is 4.25. The Balaban J connectivity index is 1.63. The average Bonchev–Trinajstić information content (AvgIpc) is 2.71. The van der Waals surface area contributed by atoms with Gasteiger partial charge >= 0.3 is 0 Å². The number of carbonyl (C=O) groups excluding carboxylic acids is 1. The van der Waals surface area contributed by atoms with Gasteiger partial charge in [-0.3, -0.25) is 4.79 Å². The van der Waals surface area contributed by atoms with Crippen LogP contribution in [0, 0.1) is 11.2 Å². The first kappa shape index (κ1) is 24.4. The fourth-order valence-corrected chi connectivity index (χ4v) is 5.26. The Labute approximate surface area is 190 Å². The molecule has 0 radical (unpaired) electrons. The van der Waals surface area contributed by atoms with Crippen LogP contribution in [0.25, 0.3) is 0 Å². The third-order valence-electron chi connectivity index (χ3n) is 7.08. The van der Waals surface area contributed by atoms with Gasteiger partial charge in [-0.05, 0) is 61.8 Å². The fraction of sp³-hybridized carbons (Fsp3) is 0.720. The van der Waals surface area contributed by atoms with E-state index in [1.54, 1.807) is 6.07 Å². The van der Waals surface area contributed by atoms with Crippen LogP contribution in [0.3, 0.4) is 0 Å². The molecule has 1 N–H and O–H groups in total. The molecule has 1 saturated heterocycles. The fourth-order valence-electron chi connectivity index (χ4n) is 4.91. The van der Waals surface area contributed by atoms with E-state index in [2.05, 4.69) is 31.0 Å². The van der Waals surface area contributed by atoms with E-state index in [0.717, 1.165) is 45.3 Å². The molecule has 2 aliphatic rings. The summed E-state index contributed by atoms with van der Waals surface area (Å²) in [5.74, 6) is -0.589. The van der Waals surface area contributed by atoms with Crippen molar-refractivity contribution in [3.63, 3.8) is 0 Å². The molecule has 1 aromatic carbocycles. The molecule has 0 aromatic heterocycles. The van der Waals surface area contributed by atoms with Crippen molar-refractivity contribution in [2.45, 2.75) is 83.2 Å². The van der Waals surface area contributed by atoms with E-state index in [1.165, 1.54) is 12.1 Å². The normalized spacial score (nSPS) is 21.6. The van der Waals surface area contributed by atoms with Gasteiger partial charge in [0.1, 0.15) is 11.5 Å². The summed E-state index contributed by atoms with van der Waals surface area (Å²) < 4.78 is 29.1. The Morgan fingerprint density at radius 2 is 1.77 bits per heavy atom. The second-order valence-electron chi connectivity index (χ2n) is 10.8. The summed E-state index contributed by atoms with van der Waals surface area (Å²) >= 11 is 6.35. The van der Waals surface area contributed by atoms with Gasteiger partial charge in [0.05, 0.1) is 12.0 Å². The van der Waals surface area contributed by atoms with Gasteiger partial charge < -0.3 is 10.2 Å². The SMILES string of the molecule is CC(C)(C)CCN1CCC(F)(CNC(=O)C2(c3ccc(F)cc3Cl)CCCCC2)CC1. The van der Waals surface area contributed by atoms with Gasteiger partial charge in [-0.15, -0.1) is 0 Å². The predicted molar refractivity (Wildman–Crippen MR) is 123 cm³/mol. The largest absolute Gasteiger partial charge is 0.352 e. The molecule has 1 aliphatic carbocycles. The minimum absolute atomic E-state index is 0.0273. The second-order valence-corrected chi connectivity index (χ2v) is 11.2. The highest BCUT2D eigenvalue weighted by atomic mass is 35.5. The van der Waals surface area contributed by atoms with Crippen molar-refractivity contribution >= 4 is 17.5 Å². The molecule has 1 aliphatic heterocycles. The van der Waals surface area contributed by atoms with E-state index in [1.807, 2.05) is 0 Å². The molecule has 0 spiro atoms. The Kier molecular flexibility index (Phi) is 7.68. The maximum Gasteiger partial charge on any atom is 0.230 e. The van der Waals surface area contributed by atoms with E-state index in [4.69, 9.17) is 11.6 Å². The second kappa shape index (κ2) is 9.74. The first-order valence-electron chi connectivity index (χ1n) is 11.7. The van der Waals surface area contributed by atoms with Gasteiger partial charge in [0.2, 0.25) is 5.91 Å². The highest BCUT2D eigenvalue weighted by Gasteiger charge is 2.44. The van der Waals surface area contributed by atoms with Crippen LogP contribution in [0.2, 0.25) is 5.02 Å². The number of hydrogen-bond donors (Lipinski definition) is 1. The van der Waals surface area contributed by atoms with Crippen molar-refractivity contribution in [1.82, 2.24) is 10.2 Å². The molecule has 174 valence electrons. The van der Waals surface area contributed by atoms with Crippen molar-refractivity contribution in [1.29, 1.82) is 0 Å². The molecule has 0 unspecified atom stereocenters. The Morgan fingerprint density at radius 3 is 2.35 bits per heavy atom. The van der Waals surface area contributed by atoms with E-state index < -0.39 is 16.9 Å². The van der Waals surface area contributed by atoms with Crippen LogP contribution in [0.5, 0.6) is 0 Å². The van der Waals surface area contributed by atoms with Crippen molar-refractivity contribution in [2.75, 3.05) is 26.2 Å². The summed E-state index contributed by atoms with van der Waals surface area (Å²) in [4.78, 5) is 15.7. The van der Waals surface area contributed by atoms with Crippen molar-refractivity contribution < 1.29 is 13.6 Å². The molecule has 3 nitrogen and oxygen atoms in total. The monoisotopic (exact) mass is 454 g/mol. The number of alkyl halides is 1. The molecule has 0 bridgehead atoms. The lowest BCUT2D eigenvalue weighted by atomic mass is 9.68. The standard InChI is InChI=1S/C25H37ClF2N2O/c1-23(2,3)11-14-30-15-12-24(28,13-16-30)18-29-22(31)25(9-5-4-6-10-25)20-8-7-19(27)17-21(20)26/h7-8,17H,4-6,9-16,18H2,1-3H3,(H,29,31). The van der Waals surface area contributed by atoms with Crippen LogP contribution in [-0.4, -0.2) is 42.7 Å². The van der Waals surface area contributed by atoms with Crippen LogP contribution in [-0.2, 0) is 10.2 Å². The number of rotatable bonds is 6. The number of benzene rings is 1. The first-order valence-corrected chi connectivity index (χ1v) is 12.1. The summed E-state index contributed by atoms with van der Waals surface area (Å²) in [5, 5.41) is 3.21. The maximum atomic E-state index is 15.5. The van der Waals surface area contributed by atoms with Gasteiger partial charge in [0.25, 0.3) is 0 Å². The molecular formula is C25H37ClF2N2O. The van der Waals surface area contributed by atoms with Gasteiger partial charge in [0.15, 0.2) is 0 Å². The zero-order chi connectivity index (χ0) is 22.7. The minimum Gasteiger partial charge on any atom is -0.352 e. The number of halogens is 3. The number of nitrogens with one attached hydrogen (secondary N) is 1. The minimum atomic E-state index is -1.38. The predicted octanol–water partition coefficient (Wildman–Crippen LogP) is 6.04. The molecule has 1 aromatic rings. The molecular weight excluding hydrogens is 418 g/mol. The van der Waals surface area contributed by atoms with Gasteiger partial charge in [-0.2, -0.15) is 0 Å².